The van der Waals surface area contributed by atoms with Crippen LogP contribution in [0.2, 0.25) is 0 Å². The minimum Gasteiger partial charge on any atom is -0.355 e. The summed E-state index contributed by atoms with van der Waals surface area (Å²) in [6, 6.07) is 0. The van der Waals surface area contributed by atoms with Gasteiger partial charge in [-0.05, 0) is 13.6 Å². The third-order valence-electron chi connectivity index (χ3n) is 14.3. The summed E-state index contributed by atoms with van der Waals surface area (Å²) in [7, 11) is 1.82. The average molecular weight is 1310 g/mol. The van der Waals surface area contributed by atoms with E-state index in [0.717, 1.165) is 0 Å². The van der Waals surface area contributed by atoms with Gasteiger partial charge in [0.2, 0.25) is 65.0 Å². The van der Waals surface area contributed by atoms with Crippen LogP contribution >= 0.6 is 0 Å². The lowest BCUT2D eigenvalue weighted by molar-refractivity contribution is -0.123. The Morgan fingerprint density at radius 2 is 0.359 bits per heavy atom. The third kappa shape index (κ3) is 52.2. The van der Waals surface area contributed by atoms with Gasteiger partial charge in [-0.1, -0.05) is 6.92 Å². The van der Waals surface area contributed by atoms with Crippen LogP contribution in [0.1, 0.15) is 77.6 Å². The highest BCUT2D eigenvalue weighted by Gasteiger charge is 2.18. The molecule has 23 N–H and O–H groups in total. The molecular formula is C58H119N23O11. The molecule has 0 rings (SSSR count). The van der Waals surface area contributed by atoms with Crippen LogP contribution in [0.15, 0.2) is 0 Å². The number of amides is 11. The summed E-state index contributed by atoms with van der Waals surface area (Å²) in [6.45, 7) is 14.1. The molecule has 532 valence electrons. The molecule has 0 aliphatic carbocycles. The summed E-state index contributed by atoms with van der Waals surface area (Å²) in [5.41, 5.74) is 33.0. The van der Waals surface area contributed by atoms with E-state index in [4.69, 9.17) is 34.4 Å². The molecule has 34 heteroatoms. The van der Waals surface area contributed by atoms with E-state index in [1.807, 2.05) is 38.5 Å². The molecule has 0 spiro atoms. The fourth-order valence-corrected chi connectivity index (χ4v) is 8.81. The summed E-state index contributed by atoms with van der Waals surface area (Å²) in [6.07, 6.45) is 1.92. The number of carbonyl (C=O) groups excluding carboxylic acids is 11. The predicted molar refractivity (Wildman–Crippen MR) is 354 cm³/mol. The normalized spacial score (nSPS) is 11.2. The van der Waals surface area contributed by atoms with Crippen molar-refractivity contribution in [3.8, 4) is 0 Å². The Kier molecular flexibility index (Phi) is 54.5. The molecule has 0 fully saturated rings. The van der Waals surface area contributed by atoms with Gasteiger partial charge < -0.3 is 122 Å². The SMILES string of the molecule is CCN(CCNC(=O)CCN(C)CCC(=O)NCCN(CCC(=O)NCCN(CCC(=O)NCCN)CCC(=O)NCCN)CCC(=O)NCCN(CCC(=O)NCCN)CCC(=O)NCCN)CCC(=O)NCCN(CCC(=O)NCCN)CCC(=O)NCCN. The fraction of sp³-hybridized carbons (Fsp3) is 0.810. The lowest BCUT2D eigenvalue weighted by Gasteiger charge is -2.24. The van der Waals surface area contributed by atoms with Crippen molar-refractivity contribution in [2.24, 2.45) is 34.4 Å². The van der Waals surface area contributed by atoms with Crippen LogP contribution in [-0.4, -0.2) is 324 Å². The quantitative estimate of drug-likeness (QED) is 0.0269. The number of nitrogens with one attached hydrogen (secondary N) is 11. The Morgan fingerprint density at radius 1 is 0.217 bits per heavy atom. The number of nitrogens with two attached hydrogens (primary N) is 6. The van der Waals surface area contributed by atoms with Crippen LogP contribution in [0.5, 0.6) is 0 Å². The molecule has 0 bridgehead atoms. The van der Waals surface area contributed by atoms with Gasteiger partial charge in [0.1, 0.15) is 0 Å². The highest BCUT2D eigenvalue weighted by molar-refractivity contribution is 5.80. The molecule has 0 saturated carbocycles. The highest BCUT2D eigenvalue weighted by Crippen LogP contribution is 2.02. The van der Waals surface area contributed by atoms with Gasteiger partial charge in [-0.25, -0.2) is 0 Å². The van der Waals surface area contributed by atoms with Gasteiger partial charge in [0.05, 0.1) is 0 Å². The summed E-state index contributed by atoms with van der Waals surface area (Å²) in [5.74, 6) is -2.04. The van der Waals surface area contributed by atoms with E-state index in [9.17, 15) is 52.7 Å². The van der Waals surface area contributed by atoms with Crippen molar-refractivity contribution in [1.82, 2.24) is 87.9 Å². The second-order valence-corrected chi connectivity index (χ2v) is 21.9. The number of hydrogen-bond donors (Lipinski definition) is 17. The van der Waals surface area contributed by atoms with E-state index in [1.165, 1.54) is 0 Å². The Labute approximate surface area is 545 Å². The van der Waals surface area contributed by atoms with Gasteiger partial charge in [0.15, 0.2) is 0 Å². The van der Waals surface area contributed by atoms with Gasteiger partial charge in [-0.3, -0.25) is 52.7 Å². The van der Waals surface area contributed by atoms with Crippen LogP contribution in [0, 0.1) is 0 Å². The zero-order valence-electron chi connectivity index (χ0n) is 55.5. The van der Waals surface area contributed by atoms with Gasteiger partial charge >= 0.3 is 0 Å². The Hall–Kier alpha value is -6.31. The molecule has 0 unspecified atom stereocenters. The van der Waals surface area contributed by atoms with Crippen LogP contribution in [0.25, 0.3) is 0 Å². The zero-order valence-corrected chi connectivity index (χ0v) is 55.5. The van der Waals surface area contributed by atoms with Crippen LogP contribution in [0.3, 0.4) is 0 Å². The van der Waals surface area contributed by atoms with Crippen molar-refractivity contribution in [2.75, 3.05) is 230 Å². The Balaban J connectivity index is 5.37. The molecule has 0 atom stereocenters. The number of rotatable bonds is 61. The molecule has 0 aromatic heterocycles. The summed E-state index contributed by atoms with van der Waals surface area (Å²) in [4.78, 5) is 150. The van der Waals surface area contributed by atoms with Crippen molar-refractivity contribution < 1.29 is 52.7 Å². The molecule has 11 amide bonds. The summed E-state index contributed by atoms with van der Waals surface area (Å²) >= 11 is 0. The van der Waals surface area contributed by atoms with Crippen LogP contribution in [-0.2, 0) is 52.7 Å². The fourth-order valence-electron chi connectivity index (χ4n) is 8.81. The average Bonchev–Trinajstić information content (AvgIpc) is 3.69. The molecular weight excluding hydrogens is 1190 g/mol. The first-order valence-electron chi connectivity index (χ1n) is 32.8. The highest BCUT2D eigenvalue weighted by atomic mass is 16.2. The van der Waals surface area contributed by atoms with E-state index in [1.54, 1.807) is 0 Å². The Bertz CT molecular complexity index is 1920. The van der Waals surface area contributed by atoms with Crippen molar-refractivity contribution >= 4 is 65.0 Å². The van der Waals surface area contributed by atoms with Gasteiger partial charge in [0, 0.05) is 287 Å². The number of likely N-dealkylation sites (N-methyl/N-ethyl adjacent to an activating group) is 1. The second-order valence-electron chi connectivity index (χ2n) is 21.9. The minimum absolute atomic E-state index is 0.0733. The van der Waals surface area contributed by atoms with E-state index in [0.29, 0.717) is 190 Å². The molecule has 0 aliphatic heterocycles. The first-order valence-corrected chi connectivity index (χ1v) is 32.8. The third-order valence-corrected chi connectivity index (χ3v) is 14.3. The van der Waals surface area contributed by atoms with E-state index < -0.39 is 0 Å². The maximum atomic E-state index is 13.2. The van der Waals surface area contributed by atoms with E-state index >= 15 is 0 Å². The van der Waals surface area contributed by atoms with Crippen molar-refractivity contribution in [2.45, 2.75) is 77.6 Å². The maximum Gasteiger partial charge on any atom is 0.221 e. The summed E-state index contributed by atoms with van der Waals surface area (Å²) in [5, 5.41) is 31.0. The lowest BCUT2D eigenvalue weighted by Crippen LogP contribution is -2.42. The number of nitrogens with zero attached hydrogens (tertiary/aromatic N) is 6. The van der Waals surface area contributed by atoms with Crippen molar-refractivity contribution in [3.63, 3.8) is 0 Å². The van der Waals surface area contributed by atoms with Crippen LogP contribution < -0.4 is 92.9 Å². The maximum absolute atomic E-state index is 13.2. The number of hydrogen-bond acceptors (Lipinski definition) is 23. The minimum atomic E-state index is -0.257. The standard InChI is InChI=1S/C58H119N23O11/c1-3-77(34-6-56(90)73-29-45-78(35-7-50(84)65-21-15-59)36-8-51(85)66-22-16-60)43-27-71-48(82)4-32-76(2)33-5-49(83)72-28-44-81(41-13-57(91)74-30-46-79(37-9-52(86)67-23-17-61)38-10-53(87)68-24-18-62)42-14-58(92)75-31-47-80(39-11-54(88)69-25-19-63)40-12-55(89)70-26-20-64/h3-47,59-64H2,1-2H3,(H,65,84)(H,66,85)(H,67,86)(H,68,87)(H,69,88)(H,70,89)(H,71,82)(H,72,83)(H,73,90)(H,74,91)(H,75,92). The topological polar surface area (TPSA) is 496 Å². The smallest absolute Gasteiger partial charge is 0.221 e. The van der Waals surface area contributed by atoms with Gasteiger partial charge in [-0.15, -0.1) is 0 Å². The van der Waals surface area contributed by atoms with Gasteiger partial charge in [0.25, 0.3) is 0 Å². The summed E-state index contributed by atoms with van der Waals surface area (Å²) < 4.78 is 0. The van der Waals surface area contributed by atoms with Crippen molar-refractivity contribution in [3.05, 3.63) is 0 Å². The molecule has 0 aromatic carbocycles. The first kappa shape index (κ1) is 85.7. The molecule has 0 saturated heterocycles. The predicted octanol–water partition coefficient (Wildman–Crippen LogP) is -9.23. The number of carbonyl (C=O) groups is 11. The van der Waals surface area contributed by atoms with Crippen molar-refractivity contribution in [1.29, 1.82) is 0 Å². The molecule has 92 heavy (non-hydrogen) atoms. The van der Waals surface area contributed by atoms with E-state index in [-0.39, 0.29) is 168 Å². The monoisotopic (exact) mass is 1310 g/mol. The zero-order chi connectivity index (χ0) is 68.4. The van der Waals surface area contributed by atoms with E-state index in [2.05, 4.69) is 63.4 Å². The molecule has 0 aliphatic rings. The van der Waals surface area contributed by atoms with Gasteiger partial charge in [-0.2, -0.15) is 0 Å². The first-order chi connectivity index (χ1) is 44.3. The Morgan fingerprint density at radius 3 is 0.522 bits per heavy atom. The largest absolute Gasteiger partial charge is 0.355 e. The molecule has 0 radical (unpaired) electrons. The van der Waals surface area contributed by atoms with Crippen LogP contribution in [0.4, 0.5) is 0 Å². The molecule has 34 nitrogen and oxygen atoms in total. The lowest BCUT2D eigenvalue weighted by atomic mass is 10.2. The molecule has 0 heterocycles. The molecule has 0 aromatic rings. The second kappa shape index (κ2) is 58.5.